The van der Waals surface area contributed by atoms with Gasteiger partial charge in [0.15, 0.2) is 17.3 Å². The molecule has 6 rings (SSSR count). The van der Waals surface area contributed by atoms with Gasteiger partial charge in [0.05, 0.1) is 12.8 Å². The predicted octanol–water partition coefficient (Wildman–Crippen LogP) is 2.99. The summed E-state index contributed by atoms with van der Waals surface area (Å²) in [4.78, 5) is 17.5. The Morgan fingerprint density at radius 1 is 1.17 bits per heavy atom. The number of nitrogens with zero attached hydrogens (tertiary/aromatic N) is 6. The molecule has 36 heavy (non-hydrogen) atoms. The Labute approximate surface area is 209 Å². The second-order valence-corrected chi connectivity index (χ2v) is 9.69. The molecule has 0 saturated carbocycles. The van der Waals surface area contributed by atoms with Crippen LogP contribution in [0, 0.1) is 0 Å². The van der Waals surface area contributed by atoms with Gasteiger partial charge in [0.2, 0.25) is 12.5 Å². The molecule has 1 saturated heterocycles. The summed E-state index contributed by atoms with van der Waals surface area (Å²) in [5, 5.41) is 12.8. The highest BCUT2D eigenvalue weighted by molar-refractivity contribution is 5.95. The zero-order valence-electron chi connectivity index (χ0n) is 20.8. The van der Waals surface area contributed by atoms with E-state index in [1.807, 2.05) is 42.3 Å². The number of methoxy groups -OCH3 is 1. The van der Waals surface area contributed by atoms with Gasteiger partial charge in [0, 0.05) is 30.3 Å². The molecule has 10 nitrogen and oxygen atoms in total. The lowest BCUT2D eigenvalue weighted by Crippen LogP contribution is -2.42. The number of hydrogen-bond acceptors (Lipinski definition) is 8. The van der Waals surface area contributed by atoms with Crippen LogP contribution < -0.4 is 14.2 Å². The average Bonchev–Trinajstić information content (AvgIpc) is 3.57. The van der Waals surface area contributed by atoms with Gasteiger partial charge in [-0.15, -0.1) is 5.10 Å². The highest BCUT2D eigenvalue weighted by Crippen LogP contribution is 2.50. The third-order valence-electron chi connectivity index (χ3n) is 7.54. The third-order valence-corrected chi connectivity index (χ3v) is 7.54. The number of carbonyl (C=O) groups is 1. The van der Waals surface area contributed by atoms with E-state index in [0.29, 0.717) is 28.6 Å². The molecule has 3 aromatic rings. The van der Waals surface area contributed by atoms with Gasteiger partial charge in [0.1, 0.15) is 6.04 Å². The van der Waals surface area contributed by atoms with Crippen LogP contribution in [0.25, 0.3) is 5.69 Å². The molecule has 2 atom stereocenters. The van der Waals surface area contributed by atoms with Gasteiger partial charge in [-0.3, -0.25) is 9.69 Å². The maximum atomic E-state index is 13.3. The van der Waals surface area contributed by atoms with Gasteiger partial charge in [-0.05, 0) is 79.9 Å². The summed E-state index contributed by atoms with van der Waals surface area (Å²) in [5.41, 5.74) is 3.48. The Hall–Kier alpha value is -3.66. The Morgan fingerprint density at radius 2 is 2.06 bits per heavy atom. The first kappa shape index (κ1) is 22.8. The smallest absolute Gasteiger partial charge is 0.254 e. The molecule has 0 radical (unpaired) electrons. The number of benzene rings is 2. The number of tetrazole rings is 1. The molecule has 0 aliphatic carbocycles. The summed E-state index contributed by atoms with van der Waals surface area (Å²) in [6, 6.07) is 9.57. The fourth-order valence-corrected chi connectivity index (χ4v) is 5.64. The van der Waals surface area contributed by atoms with Crippen LogP contribution in [0.15, 0.2) is 30.3 Å². The number of rotatable bonds is 4. The van der Waals surface area contributed by atoms with Crippen molar-refractivity contribution in [1.82, 2.24) is 30.0 Å². The summed E-state index contributed by atoms with van der Waals surface area (Å²) in [5.74, 6) is 2.65. The Balaban J connectivity index is 1.41. The number of carbonyl (C=O) groups excluding carboxylic acids is 1. The number of likely N-dealkylation sites (tertiary alicyclic amines) is 1. The normalized spacial score (nSPS) is 21.4. The van der Waals surface area contributed by atoms with Gasteiger partial charge in [-0.25, -0.2) is 0 Å². The average molecular weight is 491 g/mol. The standard InChI is InChI=1S/C26H30N6O4/c1-16-7-4-5-11-31(16)26(33)18-8-6-9-19(13-18)32-25(27-28-29-32)22-21-17(10-12-30(22)2)14-20-23(24(21)34-3)36-15-35-20/h6,8-9,13-14,16,22H,4-5,7,10-12,15H2,1-3H3/t16-,22-/m1/s1. The minimum absolute atomic E-state index is 0.0492. The molecule has 1 fully saturated rings. The van der Waals surface area contributed by atoms with E-state index in [9.17, 15) is 4.79 Å². The van der Waals surface area contributed by atoms with Crippen LogP contribution in [0.5, 0.6) is 17.2 Å². The van der Waals surface area contributed by atoms with Crippen LogP contribution in [0.1, 0.15) is 59.5 Å². The first-order chi connectivity index (χ1) is 17.6. The second-order valence-electron chi connectivity index (χ2n) is 9.69. The second kappa shape index (κ2) is 9.09. The van der Waals surface area contributed by atoms with E-state index in [-0.39, 0.29) is 24.8 Å². The number of fused-ring (bicyclic) bond motifs is 2. The van der Waals surface area contributed by atoms with E-state index < -0.39 is 0 Å². The molecule has 2 aromatic carbocycles. The molecular formula is C26H30N6O4. The van der Waals surface area contributed by atoms with Crippen LogP contribution >= 0.6 is 0 Å². The van der Waals surface area contributed by atoms with Crippen LogP contribution in [-0.2, 0) is 6.42 Å². The summed E-state index contributed by atoms with van der Waals surface area (Å²) in [6.07, 6.45) is 4.09. The van der Waals surface area contributed by atoms with Crippen LogP contribution in [-0.4, -0.2) is 76.0 Å². The minimum Gasteiger partial charge on any atom is -0.492 e. The van der Waals surface area contributed by atoms with Crippen molar-refractivity contribution in [3.8, 4) is 22.9 Å². The quantitative estimate of drug-likeness (QED) is 0.551. The SMILES string of the molecule is COc1c2c(cc3c1[C@H](c1nnnn1-c1cccc(C(=O)N4CCCC[C@H]4C)c1)N(C)CC3)OCO2. The van der Waals surface area contributed by atoms with Gasteiger partial charge >= 0.3 is 0 Å². The summed E-state index contributed by atoms with van der Waals surface area (Å²) in [7, 11) is 3.69. The maximum Gasteiger partial charge on any atom is 0.254 e. The predicted molar refractivity (Wildman–Crippen MR) is 131 cm³/mol. The molecule has 0 unspecified atom stereocenters. The fourth-order valence-electron chi connectivity index (χ4n) is 5.64. The molecule has 188 valence electrons. The van der Waals surface area contributed by atoms with Crippen molar-refractivity contribution in [1.29, 1.82) is 0 Å². The Kier molecular flexibility index (Phi) is 5.75. The van der Waals surface area contributed by atoms with E-state index in [4.69, 9.17) is 14.2 Å². The lowest BCUT2D eigenvalue weighted by atomic mass is 9.90. The van der Waals surface area contributed by atoms with Crippen molar-refractivity contribution in [2.24, 2.45) is 0 Å². The monoisotopic (exact) mass is 490 g/mol. The number of likely N-dealkylation sites (N-methyl/N-ethyl adjacent to an activating group) is 1. The van der Waals surface area contributed by atoms with E-state index >= 15 is 0 Å². The molecule has 0 N–H and O–H groups in total. The Morgan fingerprint density at radius 3 is 2.89 bits per heavy atom. The van der Waals surface area contributed by atoms with Crippen LogP contribution in [0.4, 0.5) is 0 Å². The van der Waals surface area contributed by atoms with Gasteiger partial charge < -0.3 is 19.1 Å². The van der Waals surface area contributed by atoms with Crippen molar-refractivity contribution in [3.05, 3.63) is 52.8 Å². The van der Waals surface area contributed by atoms with E-state index in [1.165, 1.54) is 6.42 Å². The molecule has 4 heterocycles. The van der Waals surface area contributed by atoms with E-state index in [2.05, 4.69) is 27.3 Å². The maximum absolute atomic E-state index is 13.3. The first-order valence-electron chi connectivity index (χ1n) is 12.5. The van der Waals surface area contributed by atoms with E-state index in [0.717, 1.165) is 49.2 Å². The molecule has 0 bridgehead atoms. The van der Waals surface area contributed by atoms with Crippen molar-refractivity contribution >= 4 is 5.91 Å². The largest absolute Gasteiger partial charge is 0.492 e. The third kappa shape index (κ3) is 3.67. The van der Waals surface area contributed by atoms with Crippen molar-refractivity contribution < 1.29 is 19.0 Å². The van der Waals surface area contributed by atoms with E-state index in [1.54, 1.807) is 11.8 Å². The highest BCUT2D eigenvalue weighted by atomic mass is 16.7. The number of ether oxygens (including phenoxy) is 3. The number of amides is 1. The highest BCUT2D eigenvalue weighted by Gasteiger charge is 2.38. The van der Waals surface area contributed by atoms with Gasteiger partial charge in [-0.2, -0.15) is 4.68 Å². The summed E-state index contributed by atoms with van der Waals surface area (Å²) < 4.78 is 19.0. The Bertz CT molecular complexity index is 1310. The molecule has 0 spiro atoms. The molecule has 1 amide bonds. The number of hydrogen-bond donors (Lipinski definition) is 0. The van der Waals surface area contributed by atoms with Crippen LogP contribution in [0.2, 0.25) is 0 Å². The molecule has 3 aliphatic heterocycles. The van der Waals surface area contributed by atoms with Gasteiger partial charge in [-0.1, -0.05) is 6.07 Å². The van der Waals surface area contributed by atoms with Crippen LogP contribution in [0.3, 0.4) is 0 Å². The topological polar surface area (TPSA) is 94.8 Å². The number of piperidine rings is 1. The zero-order chi connectivity index (χ0) is 24.8. The first-order valence-corrected chi connectivity index (χ1v) is 12.5. The lowest BCUT2D eigenvalue weighted by molar-refractivity contribution is 0.0635. The fraction of sp³-hybridized carbons (Fsp3) is 0.462. The van der Waals surface area contributed by atoms with Gasteiger partial charge in [0.25, 0.3) is 5.91 Å². The zero-order valence-corrected chi connectivity index (χ0v) is 20.8. The summed E-state index contributed by atoms with van der Waals surface area (Å²) in [6.45, 7) is 3.90. The van der Waals surface area contributed by atoms with Crippen molar-refractivity contribution in [2.45, 2.75) is 44.7 Å². The molecule has 3 aliphatic rings. The summed E-state index contributed by atoms with van der Waals surface area (Å²) >= 11 is 0. The minimum atomic E-state index is -0.269. The molecule has 10 heteroatoms. The lowest BCUT2D eigenvalue weighted by Gasteiger charge is -2.35. The van der Waals surface area contributed by atoms with Crippen molar-refractivity contribution in [3.63, 3.8) is 0 Å². The molecule has 1 aromatic heterocycles. The number of aromatic nitrogens is 4. The van der Waals surface area contributed by atoms with Crippen molar-refractivity contribution in [2.75, 3.05) is 34.0 Å². The molecular weight excluding hydrogens is 460 g/mol.